The zero-order valence-electron chi connectivity index (χ0n) is 17.9. The summed E-state index contributed by atoms with van der Waals surface area (Å²) in [6, 6.07) is 10.3. The minimum absolute atomic E-state index is 0.133. The number of benzene rings is 1. The van der Waals surface area contributed by atoms with E-state index in [9.17, 15) is 17.6 Å². The molecule has 0 bridgehead atoms. The van der Waals surface area contributed by atoms with Crippen LogP contribution in [0.4, 0.5) is 16.0 Å². The Morgan fingerprint density at radius 1 is 1.24 bits per heavy atom. The van der Waals surface area contributed by atoms with Crippen LogP contribution in [0.15, 0.2) is 47.1 Å². The summed E-state index contributed by atoms with van der Waals surface area (Å²) < 4.78 is 50.0. The molecule has 1 saturated heterocycles. The fourth-order valence-corrected chi connectivity index (χ4v) is 2.96. The molecule has 3 heterocycles. The minimum atomic E-state index is -3.67. The van der Waals surface area contributed by atoms with Crippen molar-refractivity contribution < 1.29 is 31.4 Å². The Kier molecular flexibility index (Phi) is 7.10. The van der Waals surface area contributed by atoms with Gasteiger partial charge in [0.05, 0.1) is 31.3 Å². The molecule has 0 atom stereocenters. The van der Waals surface area contributed by atoms with Crippen molar-refractivity contribution in [2.75, 3.05) is 30.5 Å². The Morgan fingerprint density at radius 3 is 2.42 bits per heavy atom. The number of nitrogen functional groups attached to an aromatic ring is 1. The highest BCUT2D eigenvalue weighted by atomic mass is 32.2. The quantitative estimate of drug-likeness (QED) is 0.468. The smallest absolute Gasteiger partial charge is 0.261 e. The Labute approximate surface area is 189 Å². The van der Waals surface area contributed by atoms with Gasteiger partial charge in [-0.2, -0.15) is 8.42 Å². The van der Waals surface area contributed by atoms with E-state index in [1.165, 1.54) is 12.3 Å². The molecule has 1 fully saturated rings. The summed E-state index contributed by atoms with van der Waals surface area (Å²) in [5.74, 6) is 0.181. The first-order valence-corrected chi connectivity index (χ1v) is 11.6. The van der Waals surface area contributed by atoms with Gasteiger partial charge in [-0.25, -0.2) is 9.37 Å². The van der Waals surface area contributed by atoms with Gasteiger partial charge in [-0.3, -0.25) is 9.35 Å². The van der Waals surface area contributed by atoms with Crippen molar-refractivity contribution in [3.05, 3.63) is 59.7 Å². The molecule has 4 rings (SSSR count). The van der Waals surface area contributed by atoms with Crippen LogP contribution in [-0.4, -0.2) is 48.5 Å². The van der Waals surface area contributed by atoms with E-state index in [-0.39, 0.29) is 23.6 Å². The van der Waals surface area contributed by atoms with Gasteiger partial charge in [-0.05, 0) is 24.1 Å². The molecule has 10 nitrogen and oxygen atoms in total. The highest BCUT2D eigenvalue weighted by Crippen LogP contribution is 2.32. The maximum Gasteiger partial charge on any atom is 0.261 e. The number of carbonyl (C=O) groups is 1. The first kappa shape index (κ1) is 24.3. The van der Waals surface area contributed by atoms with E-state index >= 15 is 0 Å². The molecule has 0 spiro atoms. The van der Waals surface area contributed by atoms with Crippen LogP contribution in [0.1, 0.15) is 18.2 Å². The van der Waals surface area contributed by atoms with Crippen molar-refractivity contribution >= 4 is 27.7 Å². The number of carbonyl (C=O) groups excluding carboxylic acids is 1. The number of halogens is 1. The van der Waals surface area contributed by atoms with Crippen molar-refractivity contribution in [2.24, 2.45) is 0 Å². The summed E-state index contributed by atoms with van der Waals surface area (Å²) in [5.41, 5.74) is 7.43. The topological polar surface area (TPSA) is 158 Å². The van der Waals surface area contributed by atoms with Crippen LogP contribution in [-0.2, 0) is 31.5 Å². The molecule has 2 aromatic heterocycles. The van der Waals surface area contributed by atoms with E-state index in [0.29, 0.717) is 36.6 Å². The molecule has 1 aromatic carbocycles. The minimum Gasteiger partial charge on any atom is -0.381 e. The van der Waals surface area contributed by atoms with Gasteiger partial charge >= 0.3 is 0 Å². The van der Waals surface area contributed by atoms with Gasteiger partial charge in [0.2, 0.25) is 5.91 Å². The number of hydrogen-bond donors (Lipinski definition) is 3. The maximum absolute atomic E-state index is 13.6. The van der Waals surface area contributed by atoms with E-state index in [2.05, 4.69) is 15.5 Å². The number of aromatic nitrogens is 2. The average Bonchev–Trinajstić information content (AvgIpc) is 3.16. The molecule has 12 heteroatoms. The zero-order valence-corrected chi connectivity index (χ0v) is 18.7. The molecule has 0 unspecified atom stereocenters. The van der Waals surface area contributed by atoms with E-state index in [1.807, 2.05) is 19.1 Å². The molecule has 1 aliphatic rings. The van der Waals surface area contributed by atoms with Gasteiger partial charge in [-0.1, -0.05) is 29.4 Å². The van der Waals surface area contributed by atoms with Crippen molar-refractivity contribution in [1.29, 1.82) is 0 Å². The highest BCUT2D eigenvalue weighted by molar-refractivity contribution is 7.85. The second-order valence-corrected chi connectivity index (χ2v) is 9.34. The third kappa shape index (κ3) is 6.81. The van der Waals surface area contributed by atoms with Crippen LogP contribution in [0.5, 0.6) is 0 Å². The van der Waals surface area contributed by atoms with E-state index in [4.69, 9.17) is 19.5 Å². The molecule has 1 aliphatic heterocycles. The van der Waals surface area contributed by atoms with Crippen molar-refractivity contribution in [1.82, 2.24) is 10.1 Å². The largest absolute Gasteiger partial charge is 0.381 e. The summed E-state index contributed by atoms with van der Waals surface area (Å²) >= 11 is 0. The predicted molar refractivity (Wildman–Crippen MR) is 119 cm³/mol. The normalized spacial score (nSPS) is 14.5. The summed E-state index contributed by atoms with van der Waals surface area (Å²) in [7, 11) is -3.67. The van der Waals surface area contributed by atoms with Crippen LogP contribution in [0.2, 0.25) is 0 Å². The summed E-state index contributed by atoms with van der Waals surface area (Å²) in [6.07, 6.45) is 2.40. The number of pyridine rings is 1. The van der Waals surface area contributed by atoms with Gasteiger partial charge in [0.25, 0.3) is 10.1 Å². The summed E-state index contributed by atoms with van der Waals surface area (Å²) in [6.45, 7) is 3.18. The molecule has 0 radical (unpaired) electrons. The number of amides is 1. The van der Waals surface area contributed by atoms with E-state index < -0.39 is 15.9 Å². The number of rotatable bonds is 5. The highest BCUT2D eigenvalue weighted by Gasteiger charge is 2.39. The number of anilines is 2. The average molecular weight is 479 g/mol. The number of nitrogens with two attached hydrogens (primary N) is 1. The van der Waals surface area contributed by atoms with E-state index in [0.717, 1.165) is 11.1 Å². The van der Waals surface area contributed by atoms with Crippen molar-refractivity contribution in [3.8, 4) is 11.1 Å². The second kappa shape index (κ2) is 9.65. The molecule has 0 aliphatic carbocycles. The standard InChI is InChI=1S/C20H19FN4O3.CH4O3S/c1-20(10-27-11-20)16-8-17(25-28-16)24-18(26)6-12-2-4-13(5-3-12)14-7-15(21)19(22)23-9-14;1-5(2,3)4/h2-5,7-9H,6,10-11H2,1H3,(H2,22,23)(H,24,25,26);1H3,(H,2,3,4). The molecule has 33 heavy (non-hydrogen) atoms. The third-order valence-electron chi connectivity index (χ3n) is 4.74. The summed E-state index contributed by atoms with van der Waals surface area (Å²) in [5, 5.41) is 6.63. The second-order valence-electron chi connectivity index (χ2n) is 7.88. The van der Waals surface area contributed by atoms with E-state index in [1.54, 1.807) is 18.2 Å². The fraction of sp³-hybridized carbons (Fsp3) is 0.286. The molecular weight excluding hydrogens is 455 g/mol. The van der Waals surface area contributed by atoms with Crippen LogP contribution in [0.3, 0.4) is 0 Å². The van der Waals surface area contributed by atoms with Crippen LogP contribution >= 0.6 is 0 Å². The van der Waals surface area contributed by atoms with Crippen LogP contribution < -0.4 is 11.1 Å². The lowest BCUT2D eigenvalue weighted by molar-refractivity contribution is -0.115. The van der Waals surface area contributed by atoms with Gasteiger partial charge in [0.1, 0.15) is 5.76 Å². The van der Waals surface area contributed by atoms with Gasteiger partial charge in [0.15, 0.2) is 17.5 Å². The first-order valence-electron chi connectivity index (χ1n) is 9.70. The number of nitrogens with one attached hydrogen (secondary N) is 1. The monoisotopic (exact) mass is 478 g/mol. The lowest BCUT2D eigenvalue weighted by atomic mass is 9.86. The SMILES string of the molecule is CC1(c2cc(NC(=O)Cc3ccc(-c4cnc(N)c(F)c4)cc3)no2)COC1.CS(=O)(=O)O. The predicted octanol–water partition coefficient (Wildman–Crippen LogP) is 2.43. The number of hydrogen-bond acceptors (Lipinski definition) is 8. The van der Waals surface area contributed by atoms with Gasteiger partial charge in [-0.15, -0.1) is 0 Å². The molecular formula is C21H23FN4O6S. The fourth-order valence-electron chi connectivity index (χ4n) is 2.96. The lowest BCUT2D eigenvalue weighted by Crippen LogP contribution is -2.43. The Balaban J connectivity index is 0.000000555. The first-order chi connectivity index (χ1) is 15.4. The van der Waals surface area contributed by atoms with Gasteiger partial charge < -0.3 is 20.3 Å². The van der Waals surface area contributed by atoms with Gasteiger partial charge in [0, 0.05) is 17.8 Å². The summed E-state index contributed by atoms with van der Waals surface area (Å²) in [4.78, 5) is 16.1. The van der Waals surface area contributed by atoms with Crippen molar-refractivity contribution in [2.45, 2.75) is 18.8 Å². The number of ether oxygens (including phenoxy) is 1. The molecule has 3 aromatic rings. The van der Waals surface area contributed by atoms with Crippen molar-refractivity contribution in [3.63, 3.8) is 0 Å². The molecule has 1 amide bonds. The lowest BCUT2D eigenvalue weighted by Gasteiger charge is -2.35. The Morgan fingerprint density at radius 2 is 1.88 bits per heavy atom. The molecule has 176 valence electrons. The molecule has 0 saturated carbocycles. The Bertz CT molecular complexity index is 1230. The number of nitrogens with zero attached hydrogens (tertiary/aromatic N) is 2. The van der Waals surface area contributed by atoms with Crippen LogP contribution in [0, 0.1) is 5.82 Å². The van der Waals surface area contributed by atoms with Crippen LogP contribution in [0.25, 0.3) is 11.1 Å². The Hall–Kier alpha value is -3.35. The third-order valence-corrected chi connectivity index (χ3v) is 4.74. The molecule has 4 N–H and O–H groups in total. The maximum atomic E-state index is 13.6. The zero-order chi connectivity index (χ0) is 24.2.